The fraction of sp³-hybridized carbons (Fsp3) is 0.714. The van der Waals surface area contributed by atoms with Crippen LogP contribution in [0.25, 0.3) is 0 Å². The minimum absolute atomic E-state index is 0.0140. The van der Waals surface area contributed by atoms with E-state index in [1.54, 1.807) is 4.68 Å². The number of piperidine rings is 1. The first kappa shape index (κ1) is 17.9. The number of carbonyl (C=O) groups excluding carboxylic acids is 1. The van der Waals surface area contributed by atoms with Crippen molar-refractivity contribution in [2.75, 3.05) is 26.2 Å². The molecule has 0 atom stereocenters. The van der Waals surface area contributed by atoms with Gasteiger partial charge < -0.3 is 10.6 Å². The van der Waals surface area contributed by atoms with Gasteiger partial charge in [0, 0.05) is 25.2 Å². The number of hydrogen-bond acceptors (Lipinski definition) is 5. The molecule has 0 aromatic carbocycles. The first-order chi connectivity index (χ1) is 10.9. The van der Waals surface area contributed by atoms with Crippen LogP contribution in [0, 0.1) is 5.92 Å². The highest BCUT2D eigenvalue weighted by Gasteiger charge is 2.22. The molecule has 23 heavy (non-hydrogen) atoms. The zero-order valence-corrected chi connectivity index (χ0v) is 14.3. The Morgan fingerprint density at radius 2 is 2.13 bits per heavy atom. The van der Waals surface area contributed by atoms with Crippen molar-refractivity contribution in [3.8, 4) is 0 Å². The molecule has 0 saturated carbocycles. The first-order valence-electron chi connectivity index (χ1n) is 7.96. The highest BCUT2D eigenvalue weighted by atomic mass is 32.2. The van der Waals surface area contributed by atoms with Gasteiger partial charge in [0.1, 0.15) is 4.90 Å². The zero-order chi connectivity index (χ0) is 16.9. The van der Waals surface area contributed by atoms with Crippen LogP contribution in [0.4, 0.5) is 0 Å². The van der Waals surface area contributed by atoms with Gasteiger partial charge in [-0.05, 0) is 45.8 Å². The standard InChI is InChI=1S/C14H25N5O3S/c1-2-19-11-13(10-16-19)23(21,22)17-6-3-7-18-8-4-12(5-9-18)14(15)20/h10-12,17H,2-9H2,1H3,(H2,15,20). The van der Waals surface area contributed by atoms with Crippen molar-refractivity contribution >= 4 is 15.9 Å². The van der Waals surface area contributed by atoms with Gasteiger partial charge in [0.15, 0.2) is 0 Å². The quantitative estimate of drug-likeness (QED) is 0.634. The maximum absolute atomic E-state index is 12.1. The lowest BCUT2D eigenvalue weighted by Gasteiger charge is -2.30. The molecule has 1 aliphatic rings. The van der Waals surface area contributed by atoms with Gasteiger partial charge in [0.2, 0.25) is 15.9 Å². The molecular weight excluding hydrogens is 318 g/mol. The molecule has 130 valence electrons. The van der Waals surface area contributed by atoms with Crippen molar-refractivity contribution in [2.24, 2.45) is 11.7 Å². The molecule has 9 heteroatoms. The number of primary amides is 1. The summed E-state index contributed by atoms with van der Waals surface area (Å²) in [5, 5.41) is 3.98. The van der Waals surface area contributed by atoms with E-state index < -0.39 is 10.0 Å². The van der Waals surface area contributed by atoms with Crippen molar-refractivity contribution in [1.82, 2.24) is 19.4 Å². The van der Waals surface area contributed by atoms with Crippen LogP contribution in [0.5, 0.6) is 0 Å². The number of nitrogens with zero attached hydrogens (tertiary/aromatic N) is 3. The molecule has 1 amide bonds. The van der Waals surface area contributed by atoms with Crippen LogP contribution in [0.2, 0.25) is 0 Å². The van der Waals surface area contributed by atoms with E-state index in [9.17, 15) is 13.2 Å². The van der Waals surface area contributed by atoms with E-state index in [1.807, 2.05) is 6.92 Å². The Kier molecular flexibility index (Phi) is 6.14. The average Bonchev–Trinajstić information content (AvgIpc) is 3.02. The SMILES string of the molecule is CCn1cc(S(=O)(=O)NCCCN2CCC(C(N)=O)CC2)cn1. The van der Waals surface area contributed by atoms with Gasteiger partial charge in [-0.1, -0.05) is 0 Å². The number of aryl methyl sites for hydroxylation is 1. The summed E-state index contributed by atoms with van der Waals surface area (Å²) in [6, 6.07) is 0. The van der Waals surface area contributed by atoms with Gasteiger partial charge in [-0.15, -0.1) is 0 Å². The molecule has 2 rings (SSSR count). The molecule has 1 aromatic rings. The number of sulfonamides is 1. The summed E-state index contributed by atoms with van der Waals surface area (Å²) in [6.45, 7) is 5.40. The molecule has 2 heterocycles. The number of amides is 1. The molecule has 1 saturated heterocycles. The predicted octanol–water partition coefficient (Wildman–Crippen LogP) is -0.231. The van der Waals surface area contributed by atoms with Gasteiger partial charge in [-0.2, -0.15) is 5.10 Å². The maximum Gasteiger partial charge on any atom is 0.243 e. The van der Waals surface area contributed by atoms with Crippen molar-refractivity contribution in [1.29, 1.82) is 0 Å². The van der Waals surface area contributed by atoms with Crippen molar-refractivity contribution in [2.45, 2.75) is 37.6 Å². The monoisotopic (exact) mass is 343 g/mol. The van der Waals surface area contributed by atoms with Crippen LogP contribution in [0.3, 0.4) is 0 Å². The maximum atomic E-state index is 12.1. The minimum atomic E-state index is -3.49. The number of nitrogens with two attached hydrogens (primary N) is 1. The van der Waals surface area contributed by atoms with E-state index in [0.717, 1.165) is 38.9 Å². The molecular formula is C14H25N5O3S. The molecule has 0 spiro atoms. The van der Waals surface area contributed by atoms with E-state index in [0.29, 0.717) is 13.1 Å². The second-order valence-electron chi connectivity index (χ2n) is 5.80. The minimum Gasteiger partial charge on any atom is -0.369 e. The summed E-state index contributed by atoms with van der Waals surface area (Å²) in [4.78, 5) is 13.5. The molecule has 1 aliphatic heterocycles. The van der Waals surface area contributed by atoms with E-state index in [2.05, 4.69) is 14.7 Å². The number of nitrogens with one attached hydrogen (secondary N) is 1. The lowest BCUT2D eigenvalue weighted by molar-refractivity contribution is -0.123. The molecule has 0 bridgehead atoms. The van der Waals surface area contributed by atoms with E-state index >= 15 is 0 Å². The van der Waals surface area contributed by atoms with Crippen LogP contribution in [0.1, 0.15) is 26.2 Å². The Hall–Kier alpha value is -1.45. The predicted molar refractivity (Wildman–Crippen MR) is 86.1 cm³/mol. The number of likely N-dealkylation sites (tertiary alicyclic amines) is 1. The smallest absolute Gasteiger partial charge is 0.243 e. The van der Waals surface area contributed by atoms with Gasteiger partial charge in [0.25, 0.3) is 0 Å². The Morgan fingerprint density at radius 3 is 2.70 bits per heavy atom. The van der Waals surface area contributed by atoms with Crippen molar-refractivity contribution < 1.29 is 13.2 Å². The number of aromatic nitrogens is 2. The lowest BCUT2D eigenvalue weighted by Crippen LogP contribution is -2.39. The van der Waals surface area contributed by atoms with Crippen LogP contribution in [0.15, 0.2) is 17.3 Å². The highest BCUT2D eigenvalue weighted by molar-refractivity contribution is 7.89. The van der Waals surface area contributed by atoms with Crippen LogP contribution >= 0.6 is 0 Å². The first-order valence-corrected chi connectivity index (χ1v) is 9.44. The Balaban J connectivity index is 1.70. The molecule has 1 fully saturated rings. The van der Waals surface area contributed by atoms with Crippen LogP contribution in [-0.4, -0.2) is 55.2 Å². The summed E-state index contributed by atoms with van der Waals surface area (Å²) in [5.74, 6) is -0.232. The second kappa shape index (κ2) is 7.89. The third-order valence-electron chi connectivity index (χ3n) is 4.18. The fourth-order valence-corrected chi connectivity index (χ4v) is 3.72. The third-order valence-corrected chi connectivity index (χ3v) is 5.59. The molecule has 0 unspecified atom stereocenters. The van der Waals surface area contributed by atoms with E-state index in [4.69, 9.17) is 5.73 Å². The summed E-state index contributed by atoms with van der Waals surface area (Å²) < 4.78 is 28.4. The van der Waals surface area contributed by atoms with Gasteiger partial charge in [-0.25, -0.2) is 13.1 Å². The zero-order valence-electron chi connectivity index (χ0n) is 13.4. The fourth-order valence-electron chi connectivity index (χ4n) is 2.69. The molecule has 0 aliphatic carbocycles. The number of rotatable bonds is 8. The summed E-state index contributed by atoms with van der Waals surface area (Å²) in [5.41, 5.74) is 5.31. The second-order valence-corrected chi connectivity index (χ2v) is 7.57. The molecule has 0 radical (unpaired) electrons. The van der Waals surface area contributed by atoms with E-state index in [1.165, 1.54) is 12.4 Å². The Labute approximate surface area is 137 Å². The van der Waals surface area contributed by atoms with Crippen LogP contribution < -0.4 is 10.5 Å². The Morgan fingerprint density at radius 1 is 1.43 bits per heavy atom. The normalized spacial score (nSPS) is 17.4. The van der Waals surface area contributed by atoms with E-state index in [-0.39, 0.29) is 16.7 Å². The largest absolute Gasteiger partial charge is 0.369 e. The Bertz CT molecular complexity index is 620. The molecule has 1 aromatic heterocycles. The third kappa shape index (κ3) is 5.02. The summed E-state index contributed by atoms with van der Waals surface area (Å²) in [6.07, 6.45) is 5.19. The lowest BCUT2D eigenvalue weighted by atomic mass is 9.96. The van der Waals surface area contributed by atoms with Gasteiger partial charge in [-0.3, -0.25) is 9.48 Å². The van der Waals surface area contributed by atoms with Gasteiger partial charge in [0.05, 0.1) is 6.20 Å². The van der Waals surface area contributed by atoms with Crippen molar-refractivity contribution in [3.05, 3.63) is 12.4 Å². The van der Waals surface area contributed by atoms with Gasteiger partial charge >= 0.3 is 0 Å². The van der Waals surface area contributed by atoms with Crippen LogP contribution in [-0.2, 0) is 21.4 Å². The highest BCUT2D eigenvalue weighted by Crippen LogP contribution is 2.16. The number of hydrogen-bond donors (Lipinski definition) is 2. The topological polar surface area (TPSA) is 110 Å². The molecule has 3 N–H and O–H groups in total. The summed E-state index contributed by atoms with van der Waals surface area (Å²) in [7, 11) is -3.49. The van der Waals surface area contributed by atoms with Crippen molar-refractivity contribution in [3.63, 3.8) is 0 Å². The summed E-state index contributed by atoms with van der Waals surface area (Å²) >= 11 is 0. The molecule has 8 nitrogen and oxygen atoms in total. The average molecular weight is 343 g/mol. The number of carbonyl (C=O) groups is 1.